The van der Waals surface area contributed by atoms with Gasteiger partial charge < -0.3 is 4.57 Å². The van der Waals surface area contributed by atoms with Gasteiger partial charge in [-0.1, -0.05) is 104 Å². The molecular formula is C38H28N4. The number of nitrogens with zero attached hydrogens (tertiary/aromatic N) is 4. The van der Waals surface area contributed by atoms with Gasteiger partial charge in [0.15, 0.2) is 17.5 Å². The Bertz CT molecular complexity index is 2050. The number of allylic oxidation sites excluding steroid dienone is 1. The highest BCUT2D eigenvalue weighted by atomic mass is 15.0. The van der Waals surface area contributed by atoms with Crippen LogP contribution in [0.3, 0.4) is 0 Å². The fraction of sp³-hybridized carbons (Fsp3) is 0.0789. The number of aromatic nitrogens is 4. The normalized spacial score (nSPS) is 14.4. The van der Waals surface area contributed by atoms with Crippen molar-refractivity contribution in [2.24, 2.45) is 0 Å². The molecule has 2 heterocycles. The summed E-state index contributed by atoms with van der Waals surface area (Å²) in [6.07, 6.45) is 5.64. The third kappa shape index (κ3) is 4.03. The minimum atomic E-state index is 0.483. The lowest BCUT2D eigenvalue weighted by Gasteiger charge is -2.19. The van der Waals surface area contributed by atoms with Crippen LogP contribution >= 0.6 is 0 Å². The predicted molar refractivity (Wildman–Crippen MR) is 173 cm³/mol. The van der Waals surface area contributed by atoms with Crippen LogP contribution in [0, 0.1) is 0 Å². The molecule has 1 aliphatic carbocycles. The molecule has 1 aliphatic rings. The minimum Gasteiger partial charge on any atom is -0.309 e. The molecule has 4 heteroatoms. The van der Waals surface area contributed by atoms with Crippen molar-refractivity contribution in [3.63, 3.8) is 0 Å². The third-order valence-corrected chi connectivity index (χ3v) is 8.28. The molecule has 0 aliphatic heterocycles. The Labute approximate surface area is 244 Å². The summed E-state index contributed by atoms with van der Waals surface area (Å²) in [5, 5.41) is 2.66. The Kier molecular flexibility index (Phi) is 5.78. The Morgan fingerprint density at radius 2 is 1.14 bits per heavy atom. The molecule has 8 rings (SSSR count). The molecule has 1 unspecified atom stereocenters. The van der Waals surface area contributed by atoms with Crippen molar-refractivity contribution in [2.75, 3.05) is 0 Å². The highest BCUT2D eigenvalue weighted by molar-refractivity contribution is 6.12. The van der Waals surface area contributed by atoms with Crippen LogP contribution in [-0.4, -0.2) is 19.5 Å². The number of fused-ring (bicyclic) bond motifs is 5. The van der Waals surface area contributed by atoms with Gasteiger partial charge in [0.1, 0.15) is 0 Å². The number of benzene rings is 5. The van der Waals surface area contributed by atoms with Gasteiger partial charge in [-0.3, -0.25) is 0 Å². The molecule has 200 valence electrons. The van der Waals surface area contributed by atoms with Crippen LogP contribution in [0.15, 0.2) is 127 Å². The summed E-state index contributed by atoms with van der Waals surface area (Å²) in [5.74, 6) is 2.47. The van der Waals surface area contributed by atoms with E-state index in [-0.39, 0.29) is 0 Å². The van der Waals surface area contributed by atoms with Gasteiger partial charge in [-0.15, -0.1) is 0 Å². The van der Waals surface area contributed by atoms with E-state index >= 15 is 0 Å². The van der Waals surface area contributed by atoms with Crippen molar-refractivity contribution in [1.82, 2.24) is 19.5 Å². The number of hydrogen-bond acceptors (Lipinski definition) is 3. The zero-order chi connectivity index (χ0) is 28.0. The first-order chi connectivity index (χ1) is 20.7. The average molecular weight is 541 g/mol. The van der Waals surface area contributed by atoms with Crippen LogP contribution in [0.25, 0.3) is 67.7 Å². The smallest absolute Gasteiger partial charge is 0.164 e. The van der Waals surface area contributed by atoms with Gasteiger partial charge in [-0.2, -0.15) is 0 Å². The first-order valence-electron chi connectivity index (χ1n) is 14.4. The van der Waals surface area contributed by atoms with Crippen LogP contribution in [0.4, 0.5) is 0 Å². The van der Waals surface area contributed by atoms with Crippen LogP contribution in [0.5, 0.6) is 0 Å². The molecule has 5 aromatic carbocycles. The first kappa shape index (κ1) is 24.4. The maximum atomic E-state index is 4.91. The van der Waals surface area contributed by atoms with E-state index < -0.39 is 0 Å². The molecule has 0 saturated heterocycles. The molecule has 0 radical (unpaired) electrons. The number of rotatable bonds is 4. The maximum Gasteiger partial charge on any atom is 0.164 e. The lowest BCUT2D eigenvalue weighted by molar-refractivity contribution is 0.779. The highest BCUT2D eigenvalue weighted by Gasteiger charge is 2.22. The zero-order valence-electron chi connectivity index (χ0n) is 23.3. The predicted octanol–water partition coefficient (Wildman–Crippen LogP) is 9.49. The van der Waals surface area contributed by atoms with Gasteiger partial charge in [0, 0.05) is 33.2 Å². The zero-order valence-corrected chi connectivity index (χ0v) is 23.3. The molecule has 42 heavy (non-hydrogen) atoms. The second-order valence-corrected chi connectivity index (χ2v) is 10.9. The molecule has 4 nitrogen and oxygen atoms in total. The van der Waals surface area contributed by atoms with E-state index in [2.05, 4.69) is 84.3 Å². The van der Waals surface area contributed by atoms with Gasteiger partial charge in [-0.25, -0.2) is 15.0 Å². The van der Waals surface area contributed by atoms with Crippen molar-refractivity contribution in [1.29, 1.82) is 0 Å². The van der Waals surface area contributed by atoms with Crippen molar-refractivity contribution in [2.45, 2.75) is 19.3 Å². The van der Waals surface area contributed by atoms with Crippen molar-refractivity contribution < 1.29 is 0 Å². The fourth-order valence-electron chi connectivity index (χ4n) is 6.27. The quantitative estimate of drug-likeness (QED) is 0.223. The maximum absolute atomic E-state index is 4.91. The van der Waals surface area contributed by atoms with E-state index in [9.17, 15) is 0 Å². The van der Waals surface area contributed by atoms with E-state index in [0.29, 0.717) is 23.4 Å². The van der Waals surface area contributed by atoms with Crippen molar-refractivity contribution >= 4 is 27.9 Å². The molecule has 0 N–H and O–H groups in total. The minimum absolute atomic E-state index is 0.483. The van der Waals surface area contributed by atoms with Crippen molar-refractivity contribution in [3.05, 3.63) is 139 Å². The Balaban J connectivity index is 1.28. The lowest BCUT2D eigenvalue weighted by atomic mass is 9.85. The second kappa shape index (κ2) is 9.93. The van der Waals surface area contributed by atoms with E-state index in [1.807, 2.05) is 60.7 Å². The summed E-state index contributed by atoms with van der Waals surface area (Å²) in [7, 11) is 0. The highest BCUT2D eigenvalue weighted by Crippen LogP contribution is 2.41. The average Bonchev–Trinajstić information content (AvgIpc) is 3.40. The van der Waals surface area contributed by atoms with Crippen LogP contribution in [-0.2, 0) is 0 Å². The summed E-state index contributed by atoms with van der Waals surface area (Å²) in [4.78, 5) is 14.7. The van der Waals surface area contributed by atoms with Gasteiger partial charge in [-0.05, 0) is 59.9 Å². The van der Waals surface area contributed by atoms with E-state index in [0.717, 1.165) is 28.8 Å². The standard InChI is InChI=1S/C38H28N4/c1-25-11-10-16-26-21-24-33-35(34(25)26)31-17-8-9-18-32(31)42(33)30-22-19-29(20-23-30)38-40-36(27-12-4-2-5-13-27)39-37(41-38)28-14-6-3-7-15-28/h2-10,12-25H,11H2,1H3. The topological polar surface area (TPSA) is 43.6 Å². The summed E-state index contributed by atoms with van der Waals surface area (Å²) in [5.41, 5.74) is 9.24. The third-order valence-electron chi connectivity index (χ3n) is 8.28. The Hall–Kier alpha value is -5.35. The molecule has 0 fully saturated rings. The van der Waals surface area contributed by atoms with Gasteiger partial charge in [0.05, 0.1) is 11.0 Å². The molecular weight excluding hydrogens is 512 g/mol. The monoisotopic (exact) mass is 540 g/mol. The summed E-state index contributed by atoms with van der Waals surface area (Å²) >= 11 is 0. The molecule has 0 spiro atoms. The molecule has 2 aromatic heterocycles. The van der Waals surface area contributed by atoms with Gasteiger partial charge in [0.2, 0.25) is 0 Å². The molecule has 7 aromatic rings. The van der Waals surface area contributed by atoms with E-state index in [1.165, 1.54) is 32.9 Å². The van der Waals surface area contributed by atoms with E-state index in [4.69, 9.17) is 15.0 Å². The molecule has 0 saturated carbocycles. The summed E-state index contributed by atoms with van der Waals surface area (Å²) < 4.78 is 2.39. The van der Waals surface area contributed by atoms with Crippen LogP contribution in [0.2, 0.25) is 0 Å². The SMILES string of the molecule is CC1CC=Cc2ccc3c(c21)c1ccccc1n3-c1ccc(-c2nc(-c3ccccc3)nc(-c3ccccc3)n2)cc1. The number of para-hydroxylation sites is 1. The fourth-order valence-corrected chi connectivity index (χ4v) is 6.27. The van der Waals surface area contributed by atoms with Crippen LogP contribution < -0.4 is 0 Å². The first-order valence-corrected chi connectivity index (χ1v) is 14.4. The van der Waals surface area contributed by atoms with Gasteiger partial charge >= 0.3 is 0 Å². The van der Waals surface area contributed by atoms with Crippen molar-refractivity contribution in [3.8, 4) is 39.9 Å². The number of hydrogen-bond donors (Lipinski definition) is 0. The Morgan fingerprint density at radius 3 is 1.79 bits per heavy atom. The van der Waals surface area contributed by atoms with E-state index in [1.54, 1.807) is 0 Å². The summed E-state index contributed by atoms with van der Waals surface area (Å²) in [6.45, 7) is 2.34. The molecule has 1 atom stereocenters. The molecule has 0 bridgehead atoms. The Morgan fingerprint density at radius 1 is 0.571 bits per heavy atom. The van der Waals surface area contributed by atoms with Crippen LogP contribution in [0.1, 0.15) is 30.4 Å². The largest absolute Gasteiger partial charge is 0.309 e. The molecule has 0 amide bonds. The lowest BCUT2D eigenvalue weighted by Crippen LogP contribution is -2.01. The second-order valence-electron chi connectivity index (χ2n) is 10.9. The van der Waals surface area contributed by atoms with Gasteiger partial charge in [0.25, 0.3) is 0 Å². The summed E-state index contributed by atoms with van der Waals surface area (Å²) in [6, 6.07) is 42.1.